The smallest absolute Gasteiger partial charge is 0.218 e. The molecule has 0 aromatic rings. The van der Waals surface area contributed by atoms with E-state index in [1.54, 1.807) is 0 Å². The van der Waals surface area contributed by atoms with Crippen LogP contribution in [0.3, 0.4) is 0 Å². The van der Waals surface area contributed by atoms with Crippen LogP contribution >= 0.6 is 0 Å². The number of amides is 1. The van der Waals surface area contributed by atoms with Crippen LogP contribution < -0.4 is 5.73 Å². The minimum Gasteiger partial charge on any atom is -0.370 e. The minimum absolute atomic E-state index is 0.265. The van der Waals surface area contributed by atoms with E-state index in [1.807, 2.05) is 0 Å². The van der Waals surface area contributed by atoms with E-state index in [-0.39, 0.29) is 5.91 Å². The molecule has 0 saturated carbocycles. The van der Waals surface area contributed by atoms with Gasteiger partial charge in [0, 0.05) is 32.1 Å². The van der Waals surface area contributed by atoms with Crippen LogP contribution in [-0.2, 0) is 4.79 Å². The largest absolute Gasteiger partial charge is 0.370 e. The molecule has 0 aromatic heterocycles. The molecule has 0 heterocycles. The van der Waals surface area contributed by atoms with Crippen molar-refractivity contribution < 1.29 is 4.79 Å². The molecular weight excluding hydrogens is 330 g/mol. The zero-order valence-corrected chi connectivity index (χ0v) is 17.9. The van der Waals surface area contributed by atoms with Gasteiger partial charge in [-0.2, -0.15) is 0 Å². The Balaban J connectivity index is 3.19. The van der Waals surface area contributed by atoms with Crippen molar-refractivity contribution >= 4 is 5.91 Å². The molecular formula is C25H43NO. The highest BCUT2D eigenvalue weighted by Gasteiger charge is 1.92. The molecule has 0 aromatic carbocycles. The van der Waals surface area contributed by atoms with E-state index < -0.39 is 0 Å². The Morgan fingerprint density at radius 2 is 0.889 bits per heavy atom. The predicted octanol–water partition coefficient (Wildman–Crippen LogP) is 6.91. The lowest BCUT2D eigenvalue weighted by Crippen LogP contribution is -2.08. The summed E-state index contributed by atoms with van der Waals surface area (Å²) in [5, 5.41) is 0. The summed E-state index contributed by atoms with van der Waals surface area (Å²) in [6.45, 7) is 2.28. The van der Waals surface area contributed by atoms with E-state index >= 15 is 0 Å². The zero-order valence-electron chi connectivity index (χ0n) is 17.9. The molecule has 0 fully saturated rings. The van der Waals surface area contributed by atoms with Gasteiger partial charge in [0.15, 0.2) is 0 Å². The molecule has 0 unspecified atom stereocenters. The average molecular weight is 374 g/mol. The monoisotopic (exact) mass is 373 g/mol. The summed E-state index contributed by atoms with van der Waals surface area (Å²) < 4.78 is 0. The summed E-state index contributed by atoms with van der Waals surface area (Å²) in [6.07, 6.45) is 22.8. The van der Waals surface area contributed by atoms with Gasteiger partial charge < -0.3 is 5.73 Å². The number of carbonyl (C=O) groups is 1. The molecule has 0 rings (SSSR count). The van der Waals surface area contributed by atoms with Crippen molar-refractivity contribution in [1.29, 1.82) is 0 Å². The molecule has 0 radical (unpaired) electrons. The highest BCUT2D eigenvalue weighted by molar-refractivity contribution is 5.73. The van der Waals surface area contributed by atoms with Crippen molar-refractivity contribution in [3.05, 3.63) is 0 Å². The number of unbranched alkanes of at least 4 members (excludes halogenated alkanes) is 15. The molecule has 0 aliphatic carbocycles. The number of hydrogen-bond donors (Lipinski definition) is 1. The number of rotatable bonds is 17. The summed E-state index contributed by atoms with van der Waals surface area (Å²) in [5.74, 6) is 12.5. The lowest BCUT2D eigenvalue weighted by Gasteiger charge is -2.00. The van der Waals surface area contributed by atoms with Crippen LogP contribution in [0.4, 0.5) is 0 Å². The van der Waals surface area contributed by atoms with Gasteiger partial charge in [-0.25, -0.2) is 0 Å². The summed E-state index contributed by atoms with van der Waals surface area (Å²) in [7, 11) is 0. The summed E-state index contributed by atoms with van der Waals surface area (Å²) in [5.41, 5.74) is 5.06. The molecule has 0 bridgehead atoms. The van der Waals surface area contributed by atoms with Gasteiger partial charge in [0.1, 0.15) is 0 Å². The Labute approximate surface area is 169 Å². The average Bonchev–Trinajstić information content (AvgIpc) is 2.65. The molecule has 154 valence electrons. The van der Waals surface area contributed by atoms with Gasteiger partial charge in [-0.15, -0.1) is 23.7 Å². The molecule has 2 N–H and O–H groups in total. The zero-order chi connectivity index (χ0) is 19.8. The maximum absolute atomic E-state index is 10.6. The summed E-state index contributed by atoms with van der Waals surface area (Å²) >= 11 is 0. The highest BCUT2D eigenvalue weighted by atomic mass is 16.1. The van der Waals surface area contributed by atoms with Crippen LogP contribution in [0.5, 0.6) is 0 Å². The molecule has 1 amide bonds. The van der Waals surface area contributed by atoms with Gasteiger partial charge in [-0.1, -0.05) is 77.6 Å². The number of carbonyl (C=O) groups excluding carboxylic acids is 1. The molecule has 2 heteroatoms. The first-order valence-electron chi connectivity index (χ1n) is 11.5. The van der Waals surface area contributed by atoms with E-state index in [0.29, 0.717) is 12.8 Å². The van der Waals surface area contributed by atoms with E-state index in [4.69, 9.17) is 5.73 Å². The highest BCUT2D eigenvalue weighted by Crippen LogP contribution is 2.11. The van der Waals surface area contributed by atoms with Gasteiger partial charge in [0.05, 0.1) is 0 Å². The summed E-state index contributed by atoms with van der Waals surface area (Å²) in [6, 6.07) is 0. The lowest BCUT2D eigenvalue weighted by molar-refractivity contribution is -0.117. The molecule has 2 nitrogen and oxygen atoms in total. The number of primary amides is 1. The van der Waals surface area contributed by atoms with Crippen LogP contribution in [0.2, 0.25) is 0 Å². The minimum atomic E-state index is -0.265. The van der Waals surface area contributed by atoms with Crippen molar-refractivity contribution in [2.24, 2.45) is 5.73 Å². The SMILES string of the molecule is CCCCCCCCCCCCC#CCCCCCCC#CCCC(N)=O. The van der Waals surface area contributed by atoms with Gasteiger partial charge >= 0.3 is 0 Å². The maximum Gasteiger partial charge on any atom is 0.218 e. The van der Waals surface area contributed by atoms with Crippen LogP contribution in [0.25, 0.3) is 0 Å². The third-order valence-electron chi connectivity index (χ3n) is 4.76. The van der Waals surface area contributed by atoms with Crippen LogP contribution in [-0.4, -0.2) is 5.91 Å². The van der Waals surface area contributed by atoms with Gasteiger partial charge in [-0.3, -0.25) is 4.79 Å². The van der Waals surface area contributed by atoms with E-state index in [9.17, 15) is 4.79 Å². The fraction of sp³-hybridized carbons (Fsp3) is 0.800. The first-order valence-corrected chi connectivity index (χ1v) is 11.5. The van der Waals surface area contributed by atoms with Gasteiger partial charge in [0.2, 0.25) is 5.91 Å². The number of nitrogens with two attached hydrogens (primary N) is 1. The molecule has 0 aliphatic rings. The van der Waals surface area contributed by atoms with Gasteiger partial charge in [-0.05, 0) is 19.3 Å². The van der Waals surface area contributed by atoms with Crippen molar-refractivity contribution in [2.75, 3.05) is 0 Å². The third kappa shape index (κ3) is 24.6. The Morgan fingerprint density at radius 3 is 1.26 bits per heavy atom. The lowest BCUT2D eigenvalue weighted by atomic mass is 10.1. The molecule has 0 spiro atoms. The van der Waals surface area contributed by atoms with Crippen molar-refractivity contribution in [3.63, 3.8) is 0 Å². The normalized spacial score (nSPS) is 9.96. The Hall–Kier alpha value is -1.41. The van der Waals surface area contributed by atoms with E-state index in [2.05, 4.69) is 30.6 Å². The Kier molecular flexibility index (Phi) is 21.4. The fourth-order valence-electron chi connectivity index (χ4n) is 3.02. The quantitative estimate of drug-likeness (QED) is 0.218. The fourth-order valence-corrected chi connectivity index (χ4v) is 3.02. The Bertz CT molecular complexity index is 446. The third-order valence-corrected chi connectivity index (χ3v) is 4.76. The molecule has 27 heavy (non-hydrogen) atoms. The second-order valence-electron chi connectivity index (χ2n) is 7.52. The van der Waals surface area contributed by atoms with Gasteiger partial charge in [0.25, 0.3) is 0 Å². The standard InChI is InChI=1S/C25H43NO/c1-2-3-4-5-6-7-8-9-10-11-12-13-14-15-16-17-18-19-20-21-22-23-24-25(26)27/h2-12,15-20,23-24H2,1H3,(H2,26,27). The predicted molar refractivity (Wildman–Crippen MR) is 118 cm³/mol. The first-order chi connectivity index (χ1) is 13.3. The second kappa shape index (κ2) is 22.6. The topological polar surface area (TPSA) is 43.1 Å². The summed E-state index contributed by atoms with van der Waals surface area (Å²) in [4.78, 5) is 10.6. The van der Waals surface area contributed by atoms with E-state index in [0.717, 1.165) is 25.7 Å². The van der Waals surface area contributed by atoms with Crippen molar-refractivity contribution in [2.45, 2.75) is 129 Å². The van der Waals surface area contributed by atoms with Crippen LogP contribution in [0, 0.1) is 23.7 Å². The number of hydrogen-bond acceptors (Lipinski definition) is 1. The van der Waals surface area contributed by atoms with Crippen LogP contribution in [0.1, 0.15) is 129 Å². The van der Waals surface area contributed by atoms with E-state index in [1.165, 1.54) is 83.5 Å². The van der Waals surface area contributed by atoms with Crippen LogP contribution in [0.15, 0.2) is 0 Å². The first kappa shape index (κ1) is 25.6. The van der Waals surface area contributed by atoms with Crippen molar-refractivity contribution in [3.8, 4) is 23.7 Å². The van der Waals surface area contributed by atoms with Crippen molar-refractivity contribution in [1.82, 2.24) is 0 Å². The maximum atomic E-state index is 10.6. The molecule has 0 aliphatic heterocycles. The molecule has 0 atom stereocenters. The Morgan fingerprint density at radius 1 is 0.556 bits per heavy atom. The second-order valence-corrected chi connectivity index (χ2v) is 7.52. The molecule has 0 saturated heterocycles.